The molecule has 2 aromatic heterocycles. The van der Waals surface area contributed by atoms with Gasteiger partial charge in [-0.1, -0.05) is 18.1 Å². The molecule has 2 amide bonds. The minimum absolute atomic E-state index is 0.373. The highest BCUT2D eigenvalue weighted by Gasteiger charge is 2.15. The Morgan fingerprint density at radius 2 is 2.08 bits per heavy atom. The Hall–Kier alpha value is -3.16. The van der Waals surface area contributed by atoms with Crippen LogP contribution in [0.4, 0.5) is 16.2 Å². The minimum Gasteiger partial charge on any atom is -0.423 e. The molecule has 0 bridgehead atoms. The third kappa shape index (κ3) is 3.12. The molecule has 0 aliphatic rings. The van der Waals surface area contributed by atoms with Crippen molar-refractivity contribution in [3.05, 3.63) is 41.6 Å². The van der Waals surface area contributed by atoms with E-state index < -0.39 is 0 Å². The van der Waals surface area contributed by atoms with E-state index in [0.29, 0.717) is 35.1 Å². The summed E-state index contributed by atoms with van der Waals surface area (Å²) in [7, 11) is 0. The van der Waals surface area contributed by atoms with Crippen LogP contribution in [0.1, 0.15) is 23.9 Å². The Morgan fingerprint density at radius 1 is 1.25 bits per heavy atom. The van der Waals surface area contributed by atoms with E-state index in [1.807, 2.05) is 26.0 Å². The molecule has 24 heavy (non-hydrogen) atoms. The number of hydrogen-bond acceptors (Lipinski definition) is 6. The lowest BCUT2D eigenvalue weighted by Gasteiger charge is -2.10. The number of rotatable bonds is 4. The standard InChI is InChI=1S/C16H17N5O3/c1-4-13-14(10(3)21-24-13)19-16(22)18-12-7-11(6-5-9(12)2)15-20-17-8-23-15/h5-8H,4H2,1-3H3,(H2,18,19,22). The van der Waals surface area contributed by atoms with Crippen LogP contribution in [0.2, 0.25) is 0 Å². The highest BCUT2D eigenvalue weighted by Crippen LogP contribution is 2.25. The molecule has 8 nitrogen and oxygen atoms in total. The quantitative estimate of drug-likeness (QED) is 0.759. The molecule has 0 fully saturated rings. The fourth-order valence-electron chi connectivity index (χ4n) is 2.27. The van der Waals surface area contributed by atoms with Crippen LogP contribution < -0.4 is 10.6 Å². The largest absolute Gasteiger partial charge is 0.423 e. The van der Waals surface area contributed by atoms with E-state index in [9.17, 15) is 4.79 Å². The number of amides is 2. The molecular formula is C16H17N5O3. The van der Waals surface area contributed by atoms with Crippen LogP contribution >= 0.6 is 0 Å². The molecule has 8 heteroatoms. The number of nitrogens with zero attached hydrogens (tertiary/aromatic N) is 3. The van der Waals surface area contributed by atoms with Crippen molar-refractivity contribution in [2.75, 3.05) is 10.6 Å². The molecule has 0 unspecified atom stereocenters. The zero-order valence-corrected chi connectivity index (χ0v) is 13.6. The Kier molecular flexibility index (Phi) is 4.28. The van der Waals surface area contributed by atoms with Gasteiger partial charge in [-0.2, -0.15) is 0 Å². The molecular weight excluding hydrogens is 310 g/mol. The monoisotopic (exact) mass is 327 g/mol. The Labute approximate surface area is 138 Å². The number of aromatic nitrogens is 3. The van der Waals surface area contributed by atoms with Gasteiger partial charge in [0.1, 0.15) is 11.4 Å². The van der Waals surface area contributed by atoms with Gasteiger partial charge >= 0.3 is 6.03 Å². The lowest BCUT2D eigenvalue weighted by Crippen LogP contribution is -2.20. The second kappa shape index (κ2) is 6.53. The summed E-state index contributed by atoms with van der Waals surface area (Å²) < 4.78 is 10.3. The van der Waals surface area contributed by atoms with Gasteiger partial charge in [0.2, 0.25) is 12.3 Å². The van der Waals surface area contributed by atoms with Crippen molar-refractivity contribution in [2.45, 2.75) is 27.2 Å². The van der Waals surface area contributed by atoms with E-state index in [-0.39, 0.29) is 6.03 Å². The van der Waals surface area contributed by atoms with Crippen LogP contribution in [-0.2, 0) is 6.42 Å². The molecule has 0 radical (unpaired) electrons. The first-order chi connectivity index (χ1) is 11.6. The number of aryl methyl sites for hydroxylation is 3. The van der Waals surface area contributed by atoms with E-state index in [1.165, 1.54) is 6.39 Å². The van der Waals surface area contributed by atoms with Gasteiger partial charge in [-0.05, 0) is 31.5 Å². The first-order valence-corrected chi connectivity index (χ1v) is 7.48. The Balaban J connectivity index is 1.79. The van der Waals surface area contributed by atoms with E-state index in [0.717, 1.165) is 11.1 Å². The number of anilines is 2. The normalized spacial score (nSPS) is 10.6. The maximum absolute atomic E-state index is 12.3. The molecule has 0 spiro atoms. The topological polar surface area (TPSA) is 106 Å². The molecule has 0 aliphatic heterocycles. The zero-order valence-electron chi connectivity index (χ0n) is 13.6. The number of nitrogens with one attached hydrogen (secondary N) is 2. The highest BCUT2D eigenvalue weighted by atomic mass is 16.5. The van der Waals surface area contributed by atoms with Gasteiger partial charge in [0.25, 0.3) is 0 Å². The van der Waals surface area contributed by atoms with Crippen LogP contribution in [0.3, 0.4) is 0 Å². The summed E-state index contributed by atoms with van der Waals surface area (Å²) in [6, 6.07) is 5.13. The van der Waals surface area contributed by atoms with Crippen molar-refractivity contribution in [1.82, 2.24) is 15.4 Å². The second-order valence-corrected chi connectivity index (χ2v) is 5.27. The molecule has 124 valence electrons. The van der Waals surface area contributed by atoms with E-state index in [1.54, 1.807) is 13.0 Å². The molecule has 2 N–H and O–H groups in total. The summed E-state index contributed by atoms with van der Waals surface area (Å²) in [4.78, 5) is 12.3. The van der Waals surface area contributed by atoms with Gasteiger partial charge in [-0.3, -0.25) is 0 Å². The highest BCUT2D eigenvalue weighted by molar-refractivity contribution is 6.01. The summed E-state index contributed by atoms with van der Waals surface area (Å²) in [5.41, 5.74) is 3.52. The van der Waals surface area contributed by atoms with Crippen LogP contribution in [0.5, 0.6) is 0 Å². The Bertz CT molecular complexity index is 855. The number of urea groups is 1. The predicted octanol–water partition coefficient (Wildman–Crippen LogP) is 3.55. The van der Waals surface area contributed by atoms with E-state index in [2.05, 4.69) is 26.0 Å². The number of hydrogen-bond donors (Lipinski definition) is 2. The van der Waals surface area contributed by atoms with Crippen molar-refractivity contribution in [3.63, 3.8) is 0 Å². The van der Waals surface area contributed by atoms with Gasteiger partial charge in [-0.15, -0.1) is 10.2 Å². The van der Waals surface area contributed by atoms with Crippen LogP contribution in [-0.4, -0.2) is 21.4 Å². The van der Waals surface area contributed by atoms with Crippen molar-refractivity contribution >= 4 is 17.4 Å². The molecule has 3 aromatic rings. The predicted molar refractivity (Wildman–Crippen MR) is 87.7 cm³/mol. The third-order valence-electron chi connectivity index (χ3n) is 3.59. The van der Waals surface area contributed by atoms with Crippen LogP contribution in [0.15, 0.2) is 33.5 Å². The zero-order chi connectivity index (χ0) is 17.1. The lowest BCUT2D eigenvalue weighted by atomic mass is 10.1. The second-order valence-electron chi connectivity index (χ2n) is 5.27. The van der Waals surface area contributed by atoms with Crippen molar-refractivity contribution in [3.8, 4) is 11.5 Å². The first kappa shape index (κ1) is 15.7. The van der Waals surface area contributed by atoms with Gasteiger partial charge in [0.15, 0.2) is 5.76 Å². The average Bonchev–Trinajstić information content (AvgIpc) is 3.21. The minimum atomic E-state index is -0.373. The van der Waals surface area contributed by atoms with Gasteiger partial charge in [0.05, 0.1) is 0 Å². The molecule has 1 aromatic carbocycles. The summed E-state index contributed by atoms with van der Waals surface area (Å²) >= 11 is 0. The lowest BCUT2D eigenvalue weighted by molar-refractivity contribution is 0.262. The molecule has 2 heterocycles. The first-order valence-electron chi connectivity index (χ1n) is 7.48. The summed E-state index contributed by atoms with van der Waals surface area (Å²) in [6.45, 7) is 5.61. The smallest absolute Gasteiger partial charge is 0.323 e. The van der Waals surface area contributed by atoms with Gasteiger partial charge < -0.3 is 19.6 Å². The molecule has 3 rings (SSSR count). The summed E-state index contributed by atoms with van der Waals surface area (Å²) in [5.74, 6) is 1.03. The van der Waals surface area contributed by atoms with Crippen molar-refractivity contribution in [1.29, 1.82) is 0 Å². The fraction of sp³-hybridized carbons (Fsp3) is 0.250. The van der Waals surface area contributed by atoms with Gasteiger partial charge in [0, 0.05) is 17.7 Å². The van der Waals surface area contributed by atoms with E-state index >= 15 is 0 Å². The molecule has 0 atom stereocenters. The Morgan fingerprint density at radius 3 is 2.79 bits per heavy atom. The maximum atomic E-state index is 12.3. The summed E-state index contributed by atoms with van der Waals surface area (Å²) in [5, 5.41) is 17.0. The van der Waals surface area contributed by atoms with Crippen LogP contribution in [0.25, 0.3) is 11.5 Å². The van der Waals surface area contributed by atoms with Crippen molar-refractivity contribution < 1.29 is 13.7 Å². The van der Waals surface area contributed by atoms with Crippen LogP contribution in [0, 0.1) is 13.8 Å². The van der Waals surface area contributed by atoms with E-state index in [4.69, 9.17) is 8.94 Å². The average molecular weight is 327 g/mol. The fourth-order valence-corrected chi connectivity index (χ4v) is 2.27. The number of carbonyl (C=O) groups excluding carboxylic acids is 1. The summed E-state index contributed by atoms with van der Waals surface area (Å²) in [6.07, 6.45) is 1.90. The number of benzene rings is 1. The maximum Gasteiger partial charge on any atom is 0.323 e. The SMILES string of the molecule is CCc1onc(C)c1NC(=O)Nc1cc(-c2nnco2)ccc1C. The van der Waals surface area contributed by atoms with Crippen molar-refractivity contribution in [2.24, 2.45) is 0 Å². The number of carbonyl (C=O) groups is 1. The molecule has 0 saturated carbocycles. The molecule has 0 saturated heterocycles. The molecule has 0 aliphatic carbocycles. The van der Waals surface area contributed by atoms with Gasteiger partial charge in [-0.25, -0.2) is 4.79 Å². The third-order valence-corrected chi connectivity index (χ3v) is 3.59.